The highest BCUT2D eigenvalue weighted by Gasteiger charge is 2.25. The lowest BCUT2D eigenvalue weighted by molar-refractivity contribution is -0.126. The highest BCUT2D eigenvalue weighted by atomic mass is 35.5. The maximum Gasteiger partial charge on any atom is 0.224 e. The molecule has 1 aliphatic heterocycles. The zero-order valence-electron chi connectivity index (χ0n) is 11.0. The van der Waals surface area contributed by atoms with E-state index in [9.17, 15) is 4.79 Å². The second-order valence-electron chi connectivity index (χ2n) is 4.92. The Balaban J connectivity index is 2.00. The van der Waals surface area contributed by atoms with Crippen LogP contribution in [0, 0.1) is 5.92 Å². The standard InChI is InChI=1S/C14H18Cl2N2O/c1-17-14(19)11-3-2-6-18(9-11)8-10-4-5-12(15)7-13(10)16/h4-5,7,11H,2-3,6,8-9H2,1H3,(H,17,19). The van der Waals surface area contributed by atoms with Gasteiger partial charge in [-0.3, -0.25) is 9.69 Å². The molecule has 0 spiro atoms. The number of nitrogens with zero attached hydrogens (tertiary/aromatic N) is 1. The van der Waals surface area contributed by atoms with Gasteiger partial charge in [0, 0.05) is 30.2 Å². The van der Waals surface area contributed by atoms with Gasteiger partial charge in [0.2, 0.25) is 5.91 Å². The van der Waals surface area contributed by atoms with E-state index < -0.39 is 0 Å². The minimum atomic E-state index is 0.0878. The molecule has 0 saturated carbocycles. The van der Waals surface area contributed by atoms with Crippen molar-refractivity contribution in [2.45, 2.75) is 19.4 Å². The molecule has 1 heterocycles. The molecule has 1 aromatic rings. The Morgan fingerprint density at radius 3 is 2.95 bits per heavy atom. The average molecular weight is 301 g/mol. The van der Waals surface area contributed by atoms with E-state index in [0.29, 0.717) is 10.0 Å². The zero-order valence-corrected chi connectivity index (χ0v) is 12.5. The molecular weight excluding hydrogens is 283 g/mol. The van der Waals surface area contributed by atoms with Crippen molar-refractivity contribution in [3.8, 4) is 0 Å². The zero-order chi connectivity index (χ0) is 13.8. The van der Waals surface area contributed by atoms with E-state index in [4.69, 9.17) is 23.2 Å². The van der Waals surface area contributed by atoms with Gasteiger partial charge in [-0.15, -0.1) is 0 Å². The number of hydrogen-bond donors (Lipinski definition) is 1. The molecule has 0 aliphatic carbocycles. The third-order valence-electron chi connectivity index (χ3n) is 3.53. The van der Waals surface area contributed by atoms with E-state index in [1.165, 1.54) is 0 Å². The fourth-order valence-corrected chi connectivity index (χ4v) is 2.98. The number of likely N-dealkylation sites (tertiary alicyclic amines) is 1. The number of carbonyl (C=O) groups excluding carboxylic acids is 1. The summed E-state index contributed by atoms with van der Waals surface area (Å²) in [6, 6.07) is 5.57. The fraction of sp³-hybridized carbons (Fsp3) is 0.500. The van der Waals surface area contributed by atoms with E-state index >= 15 is 0 Å². The Morgan fingerprint density at radius 2 is 2.26 bits per heavy atom. The predicted octanol–water partition coefficient (Wildman–Crippen LogP) is 2.95. The van der Waals surface area contributed by atoms with Crippen LogP contribution in [0.15, 0.2) is 18.2 Å². The van der Waals surface area contributed by atoms with Gasteiger partial charge in [0.15, 0.2) is 0 Å². The second-order valence-corrected chi connectivity index (χ2v) is 5.77. The number of benzene rings is 1. The topological polar surface area (TPSA) is 32.3 Å². The van der Waals surface area contributed by atoms with Crippen molar-refractivity contribution in [3.05, 3.63) is 33.8 Å². The highest BCUT2D eigenvalue weighted by Crippen LogP contribution is 2.24. The molecule has 1 amide bonds. The van der Waals surface area contributed by atoms with Crippen molar-refractivity contribution in [2.75, 3.05) is 20.1 Å². The number of amides is 1. The quantitative estimate of drug-likeness (QED) is 0.931. The lowest BCUT2D eigenvalue weighted by Crippen LogP contribution is -2.41. The van der Waals surface area contributed by atoms with E-state index in [1.807, 2.05) is 12.1 Å². The number of carbonyl (C=O) groups is 1. The van der Waals surface area contributed by atoms with Crippen LogP contribution >= 0.6 is 23.2 Å². The van der Waals surface area contributed by atoms with Crippen LogP contribution in [0.5, 0.6) is 0 Å². The van der Waals surface area contributed by atoms with Gasteiger partial charge in [0.05, 0.1) is 5.92 Å². The molecule has 1 aromatic carbocycles. The van der Waals surface area contributed by atoms with E-state index in [0.717, 1.165) is 38.0 Å². The van der Waals surface area contributed by atoms with Crippen LogP contribution in [0.1, 0.15) is 18.4 Å². The molecule has 2 rings (SSSR count). The molecule has 104 valence electrons. The van der Waals surface area contributed by atoms with Crippen molar-refractivity contribution in [1.82, 2.24) is 10.2 Å². The summed E-state index contributed by atoms with van der Waals surface area (Å²) < 4.78 is 0. The number of hydrogen-bond acceptors (Lipinski definition) is 2. The molecule has 5 heteroatoms. The third kappa shape index (κ3) is 3.85. The average Bonchev–Trinajstić information content (AvgIpc) is 2.41. The molecule has 1 N–H and O–H groups in total. The smallest absolute Gasteiger partial charge is 0.224 e. The summed E-state index contributed by atoms with van der Waals surface area (Å²) in [6.07, 6.45) is 2.01. The van der Waals surface area contributed by atoms with Crippen LogP contribution < -0.4 is 5.32 Å². The fourth-order valence-electron chi connectivity index (χ4n) is 2.51. The number of piperidine rings is 1. The lowest BCUT2D eigenvalue weighted by Gasteiger charge is -2.31. The van der Waals surface area contributed by atoms with Crippen LogP contribution in [0.25, 0.3) is 0 Å². The van der Waals surface area contributed by atoms with Crippen LogP contribution in [0.3, 0.4) is 0 Å². The summed E-state index contributed by atoms with van der Waals surface area (Å²) in [7, 11) is 1.69. The Labute approximate surface area is 123 Å². The first-order chi connectivity index (χ1) is 9.10. The van der Waals surface area contributed by atoms with Crippen molar-refractivity contribution < 1.29 is 4.79 Å². The van der Waals surface area contributed by atoms with Crippen LogP contribution in [0.4, 0.5) is 0 Å². The molecule has 0 bridgehead atoms. The van der Waals surface area contributed by atoms with E-state index in [1.54, 1.807) is 13.1 Å². The molecule has 1 aliphatic rings. The third-order valence-corrected chi connectivity index (χ3v) is 4.12. The highest BCUT2D eigenvalue weighted by molar-refractivity contribution is 6.35. The first-order valence-electron chi connectivity index (χ1n) is 6.48. The second kappa shape index (κ2) is 6.60. The van der Waals surface area contributed by atoms with Crippen molar-refractivity contribution in [3.63, 3.8) is 0 Å². The van der Waals surface area contributed by atoms with Crippen LogP contribution in [-0.4, -0.2) is 30.9 Å². The molecule has 1 atom stereocenters. The monoisotopic (exact) mass is 300 g/mol. The van der Waals surface area contributed by atoms with Gasteiger partial charge in [0.25, 0.3) is 0 Å². The van der Waals surface area contributed by atoms with Crippen molar-refractivity contribution >= 4 is 29.1 Å². The maximum atomic E-state index is 11.7. The predicted molar refractivity (Wildman–Crippen MR) is 78.5 cm³/mol. The molecule has 1 unspecified atom stereocenters. The Bertz CT molecular complexity index is 465. The normalized spacial score (nSPS) is 20.3. The lowest BCUT2D eigenvalue weighted by atomic mass is 9.97. The van der Waals surface area contributed by atoms with Gasteiger partial charge in [-0.05, 0) is 37.1 Å². The Kier molecular flexibility index (Phi) is 5.08. The van der Waals surface area contributed by atoms with Gasteiger partial charge in [-0.1, -0.05) is 29.3 Å². The van der Waals surface area contributed by atoms with Crippen LogP contribution in [-0.2, 0) is 11.3 Å². The summed E-state index contributed by atoms with van der Waals surface area (Å²) in [5, 5.41) is 4.07. The maximum absolute atomic E-state index is 11.7. The minimum absolute atomic E-state index is 0.0878. The molecule has 0 aromatic heterocycles. The SMILES string of the molecule is CNC(=O)C1CCCN(Cc2ccc(Cl)cc2Cl)C1. The summed E-state index contributed by atoms with van der Waals surface area (Å²) in [6.45, 7) is 2.56. The van der Waals surface area contributed by atoms with Crippen molar-refractivity contribution in [1.29, 1.82) is 0 Å². The molecule has 0 radical (unpaired) electrons. The molecule has 19 heavy (non-hydrogen) atoms. The van der Waals surface area contributed by atoms with Gasteiger partial charge in [-0.25, -0.2) is 0 Å². The molecule has 3 nitrogen and oxygen atoms in total. The Morgan fingerprint density at radius 1 is 1.47 bits per heavy atom. The first kappa shape index (κ1) is 14.6. The Hall–Kier alpha value is -0.770. The van der Waals surface area contributed by atoms with Gasteiger partial charge >= 0.3 is 0 Å². The summed E-state index contributed by atoms with van der Waals surface area (Å²) in [4.78, 5) is 14.0. The van der Waals surface area contributed by atoms with Crippen LogP contribution in [0.2, 0.25) is 10.0 Å². The molecule has 1 fully saturated rings. The van der Waals surface area contributed by atoms with Gasteiger partial charge in [0.1, 0.15) is 0 Å². The van der Waals surface area contributed by atoms with Gasteiger partial charge in [-0.2, -0.15) is 0 Å². The number of halogens is 2. The largest absolute Gasteiger partial charge is 0.359 e. The molecule has 1 saturated heterocycles. The van der Waals surface area contributed by atoms with E-state index in [2.05, 4.69) is 10.2 Å². The van der Waals surface area contributed by atoms with Gasteiger partial charge < -0.3 is 5.32 Å². The summed E-state index contributed by atoms with van der Waals surface area (Å²) >= 11 is 12.1. The minimum Gasteiger partial charge on any atom is -0.359 e. The number of nitrogens with one attached hydrogen (secondary N) is 1. The first-order valence-corrected chi connectivity index (χ1v) is 7.23. The van der Waals surface area contributed by atoms with E-state index in [-0.39, 0.29) is 11.8 Å². The summed E-state index contributed by atoms with van der Waals surface area (Å²) in [5.41, 5.74) is 1.06. The number of rotatable bonds is 3. The van der Waals surface area contributed by atoms with Crippen molar-refractivity contribution in [2.24, 2.45) is 5.92 Å². The molecular formula is C14H18Cl2N2O. The summed E-state index contributed by atoms with van der Waals surface area (Å²) in [5.74, 6) is 0.219.